The van der Waals surface area contributed by atoms with E-state index < -0.39 is 10.0 Å². The Bertz CT molecular complexity index is 317. The van der Waals surface area contributed by atoms with E-state index in [1.165, 1.54) is 0 Å². The Morgan fingerprint density at radius 2 is 1.62 bits per heavy atom. The van der Waals surface area contributed by atoms with E-state index in [0.29, 0.717) is 24.9 Å². The minimum atomic E-state index is -3.00. The van der Waals surface area contributed by atoms with Crippen molar-refractivity contribution >= 4 is 21.6 Å². The van der Waals surface area contributed by atoms with E-state index in [2.05, 4.69) is 0 Å². The molecule has 0 aromatic carbocycles. The molecule has 1 aliphatic heterocycles. The average Bonchev–Trinajstić information content (AvgIpc) is 2.83. The van der Waals surface area contributed by atoms with Gasteiger partial charge < -0.3 is 0 Å². The molecule has 1 saturated heterocycles. The van der Waals surface area contributed by atoms with Crippen LogP contribution in [0, 0.1) is 5.92 Å². The highest BCUT2D eigenvalue weighted by atomic mass is 35.5. The summed E-state index contributed by atoms with van der Waals surface area (Å²) >= 11 is 5.80. The van der Waals surface area contributed by atoms with Gasteiger partial charge in [0.2, 0.25) is 10.0 Å². The molecule has 0 atom stereocenters. The lowest BCUT2D eigenvalue weighted by molar-refractivity contribution is 0.287. The molecular weight excluding hydrogens is 246 g/mol. The number of halogens is 1. The van der Waals surface area contributed by atoms with E-state index >= 15 is 0 Å². The maximum Gasteiger partial charge on any atom is 0.216 e. The molecule has 0 aromatic heterocycles. The molecule has 1 heterocycles. The van der Waals surface area contributed by atoms with Gasteiger partial charge in [0, 0.05) is 19.0 Å². The fourth-order valence-corrected chi connectivity index (χ4v) is 5.09. The zero-order valence-electron chi connectivity index (χ0n) is 9.57. The zero-order valence-corrected chi connectivity index (χ0v) is 11.1. The zero-order chi connectivity index (χ0) is 11.6. The van der Waals surface area contributed by atoms with Crippen LogP contribution in [0.2, 0.25) is 0 Å². The SMILES string of the molecule is O=S(=O)(C1CCCC1)N1CCC(CCl)CC1. The van der Waals surface area contributed by atoms with Gasteiger partial charge in [-0.15, -0.1) is 11.6 Å². The normalized spacial score (nSPS) is 26.3. The smallest absolute Gasteiger partial charge is 0.212 e. The van der Waals surface area contributed by atoms with Crippen LogP contribution >= 0.6 is 11.6 Å². The second-order valence-electron chi connectivity index (χ2n) is 4.95. The number of alkyl halides is 1. The van der Waals surface area contributed by atoms with Crippen molar-refractivity contribution in [2.45, 2.75) is 43.8 Å². The molecule has 2 aliphatic rings. The predicted molar refractivity (Wildman–Crippen MR) is 66.2 cm³/mol. The van der Waals surface area contributed by atoms with E-state index in [1.807, 2.05) is 0 Å². The first-order valence-electron chi connectivity index (χ1n) is 6.19. The first-order valence-corrected chi connectivity index (χ1v) is 8.23. The van der Waals surface area contributed by atoms with Gasteiger partial charge in [-0.3, -0.25) is 0 Å². The lowest BCUT2D eigenvalue weighted by atomic mass is 10.0. The predicted octanol–water partition coefficient (Wildman–Crippen LogP) is 2.21. The standard InChI is InChI=1S/C11H20ClNO2S/c12-9-10-5-7-13(8-6-10)16(14,15)11-3-1-2-4-11/h10-11H,1-9H2. The number of piperidine rings is 1. The Kier molecular flexibility index (Phi) is 4.14. The largest absolute Gasteiger partial charge is 0.216 e. The number of hydrogen-bond acceptors (Lipinski definition) is 2. The van der Waals surface area contributed by atoms with Crippen LogP contribution in [0.3, 0.4) is 0 Å². The first-order chi connectivity index (χ1) is 7.64. The van der Waals surface area contributed by atoms with Crippen LogP contribution in [0.4, 0.5) is 0 Å². The molecule has 2 rings (SSSR count). The summed E-state index contributed by atoms with van der Waals surface area (Å²) in [5, 5.41) is -0.0972. The molecule has 0 N–H and O–H groups in total. The van der Waals surface area contributed by atoms with Crippen LogP contribution in [0.15, 0.2) is 0 Å². The van der Waals surface area contributed by atoms with Crippen molar-refractivity contribution in [1.82, 2.24) is 4.31 Å². The number of nitrogens with zero attached hydrogens (tertiary/aromatic N) is 1. The van der Waals surface area contributed by atoms with Crippen molar-refractivity contribution in [2.75, 3.05) is 19.0 Å². The van der Waals surface area contributed by atoms with Crippen molar-refractivity contribution in [3.8, 4) is 0 Å². The summed E-state index contributed by atoms with van der Waals surface area (Å²) in [7, 11) is -3.00. The van der Waals surface area contributed by atoms with Gasteiger partial charge >= 0.3 is 0 Å². The summed E-state index contributed by atoms with van der Waals surface area (Å²) in [4.78, 5) is 0. The minimum absolute atomic E-state index is 0.0972. The lowest BCUT2D eigenvalue weighted by Crippen LogP contribution is -2.43. The Morgan fingerprint density at radius 3 is 2.12 bits per heavy atom. The summed E-state index contributed by atoms with van der Waals surface area (Å²) in [5.74, 6) is 1.17. The van der Waals surface area contributed by atoms with Gasteiger partial charge in [0.05, 0.1) is 5.25 Å². The molecule has 5 heteroatoms. The highest BCUT2D eigenvalue weighted by Crippen LogP contribution is 2.29. The highest BCUT2D eigenvalue weighted by molar-refractivity contribution is 7.89. The number of hydrogen-bond donors (Lipinski definition) is 0. The van der Waals surface area contributed by atoms with E-state index in [-0.39, 0.29) is 5.25 Å². The van der Waals surface area contributed by atoms with Gasteiger partial charge in [0.25, 0.3) is 0 Å². The van der Waals surface area contributed by atoms with Crippen LogP contribution in [0.5, 0.6) is 0 Å². The maximum absolute atomic E-state index is 12.3. The van der Waals surface area contributed by atoms with E-state index in [0.717, 1.165) is 38.5 Å². The maximum atomic E-state index is 12.3. The number of sulfonamides is 1. The molecule has 94 valence electrons. The fourth-order valence-electron chi connectivity index (χ4n) is 2.72. The third-order valence-electron chi connectivity index (χ3n) is 3.88. The molecule has 0 unspecified atom stereocenters. The summed E-state index contributed by atoms with van der Waals surface area (Å²) < 4.78 is 26.3. The van der Waals surface area contributed by atoms with Gasteiger partial charge in [0.15, 0.2) is 0 Å². The third-order valence-corrected chi connectivity index (χ3v) is 6.71. The van der Waals surface area contributed by atoms with Crippen molar-refractivity contribution in [3.05, 3.63) is 0 Å². The lowest BCUT2D eigenvalue weighted by Gasteiger charge is -2.32. The Morgan fingerprint density at radius 1 is 1.06 bits per heavy atom. The molecular formula is C11H20ClNO2S. The van der Waals surface area contributed by atoms with Crippen molar-refractivity contribution in [3.63, 3.8) is 0 Å². The van der Waals surface area contributed by atoms with Crippen molar-refractivity contribution in [2.24, 2.45) is 5.92 Å². The van der Waals surface area contributed by atoms with Gasteiger partial charge in [-0.05, 0) is 31.6 Å². The molecule has 0 aromatic rings. The highest BCUT2D eigenvalue weighted by Gasteiger charge is 2.35. The van der Waals surface area contributed by atoms with Crippen LogP contribution in [0.1, 0.15) is 38.5 Å². The molecule has 3 nitrogen and oxygen atoms in total. The monoisotopic (exact) mass is 265 g/mol. The summed E-state index contributed by atoms with van der Waals surface area (Å²) in [6.45, 7) is 1.35. The second-order valence-corrected chi connectivity index (χ2v) is 7.47. The topological polar surface area (TPSA) is 37.4 Å². The molecule has 0 amide bonds. The Hall–Kier alpha value is 0.200. The van der Waals surface area contributed by atoms with Gasteiger partial charge in [-0.2, -0.15) is 0 Å². The fraction of sp³-hybridized carbons (Fsp3) is 1.00. The number of rotatable bonds is 3. The van der Waals surface area contributed by atoms with Gasteiger partial charge in [-0.25, -0.2) is 12.7 Å². The van der Waals surface area contributed by atoms with Crippen LogP contribution < -0.4 is 0 Å². The third kappa shape index (κ3) is 2.54. The van der Waals surface area contributed by atoms with Gasteiger partial charge in [-0.1, -0.05) is 12.8 Å². The van der Waals surface area contributed by atoms with Crippen molar-refractivity contribution < 1.29 is 8.42 Å². The van der Waals surface area contributed by atoms with E-state index in [4.69, 9.17) is 11.6 Å². The van der Waals surface area contributed by atoms with Crippen LogP contribution in [0.25, 0.3) is 0 Å². The second kappa shape index (κ2) is 5.23. The Balaban J connectivity index is 1.97. The quantitative estimate of drug-likeness (QED) is 0.734. The molecule has 0 bridgehead atoms. The van der Waals surface area contributed by atoms with Gasteiger partial charge in [0.1, 0.15) is 0 Å². The molecule has 2 fully saturated rings. The van der Waals surface area contributed by atoms with E-state index in [9.17, 15) is 8.42 Å². The van der Waals surface area contributed by atoms with E-state index in [1.54, 1.807) is 4.31 Å². The molecule has 0 spiro atoms. The van der Waals surface area contributed by atoms with Crippen LogP contribution in [-0.4, -0.2) is 36.9 Å². The van der Waals surface area contributed by atoms with Crippen molar-refractivity contribution in [1.29, 1.82) is 0 Å². The average molecular weight is 266 g/mol. The molecule has 1 saturated carbocycles. The molecule has 1 aliphatic carbocycles. The molecule has 0 radical (unpaired) electrons. The summed E-state index contributed by atoms with van der Waals surface area (Å²) in [6.07, 6.45) is 5.71. The summed E-state index contributed by atoms with van der Waals surface area (Å²) in [5.41, 5.74) is 0. The minimum Gasteiger partial charge on any atom is -0.212 e. The van der Waals surface area contributed by atoms with Crippen LogP contribution in [-0.2, 0) is 10.0 Å². The molecule has 16 heavy (non-hydrogen) atoms. The Labute approximate surface area is 103 Å². The summed E-state index contributed by atoms with van der Waals surface area (Å²) in [6, 6.07) is 0. The first kappa shape index (κ1) is 12.7.